The molecule has 0 amide bonds. The van der Waals surface area contributed by atoms with Gasteiger partial charge >= 0.3 is 16.5 Å². The van der Waals surface area contributed by atoms with Crippen LogP contribution < -0.4 is 10.9 Å². The largest absolute Gasteiger partial charge is 2.00 e. The first-order valence-electron chi connectivity index (χ1n) is 6.18. The Bertz CT molecular complexity index is 285. The molecule has 21 heavy (non-hydrogen) atoms. The van der Waals surface area contributed by atoms with Crippen LogP contribution in [-0.2, 0) is 51.2 Å². The summed E-state index contributed by atoms with van der Waals surface area (Å²) in [5.41, 5.74) is 5.76. The van der Waals surface area contributed by atoms with Crippen molar-refractivity contribution in [2.24, 2.45) is 0 Å². The Hall–Kier alpha value is 0.554. The van der Waals surface area contributed by atoms with Gasteiger partial charge in [-0.05, 0) is 8.64 Å². The molecule has 124 valence electrons. The predicted octanol–water partition coefficient (Wildman–Crippen LogP) is -0.692. The summed E-state index contributed by atoms with van der Waals surface area (Å²) in [7, 11) is 0. The Morgan fingerprint density at radius 3 is 1.29 bits per heavy atom. The van der Waals surface area contributed by atoms with E-state index in [0.29, 0.717) is 8.64 Å². The second kappa shape index (κ2) is 13.0. The summed E-state index contributed by atoms with van der Waals surface area (Å²) in [6, 6.07) is 0. The molecule has 2 saturated heterocycles. The summed E-state index contributed by atoms with van der Waals surface area (Å²) in [5.74, 6) is 0. The van der Waals surface area contributed by atoms with Crippen LogP contribution in [0.15, 0.2) is 0 Å². The van der Waals surface area contributed by atoms with Crippen LogP contribution in [0.4, 0.5) is 0 Å². The van der Waals surface area contributed by atoms with Gasteiger partial charge in [0.25, 0.3) is 0 Å². The van der Waals surface area contributed by atoms with Gasteiger partial charge in [-0.1, -0.05) is 0 Å². The number of hydrazine groups is 2. The minimum atomic E-state index is 0. The van der Waals surface area contributed by atoms with Gasteiger partial charge in [-0.15, -0.1) is 0 Å². The third-order valence-electron chi connectivity index (χ3n) is 2.52. The zero-order valence-corrected chi connectivity index (χ0v) is 15.6. The molecule has 0 bridgehead atoms. The van der Waals surface area contributed by atoms with E-state index in [1.165, 1.54) is 0 Å². The monoisotopic (exact) mass is 412 g/mol. The molecule has 0 spiro atoms. The van der Waals surface area contributed by atoms with Crippen LogP contribution in [0.2, 0.25) is 0 Å². The van der Waals surface area contributed by atoms with Crippen molar-refractivity contribution in [3.63, 3.8) is 0 Å². The van der Waals surface area contributed by atoms with E-state index in [1.807, 2.05) is 10.0 Å². The second-order valence-electron chi connectivity index (χ2n) is 4.00. The van der Waals surface area contributed by atoms with E-state index in [2.05, 4.69) is 10.9 Å². The minimum absolute atomic E-state index is 0. The fraction of sp³-hybridized carbons (Fsp3) is 0.800. The number of hydrogen-bond acceptors (Lipinski definition) is 8. The average molecular weight is 413 g/mol. The van der Waals surface area contributed by atoms with E-state index in [0.717, 1.165) is 52.6 Å². The van der Waals surface area contributed by atoms with E-state index in [-0.39, 0.29) is 16.5 Å². The number of hydrogen-bond donors (Lipinski definition) is 2. The van der Waals surface area contributed by atoms with Crippen molar-refractivity contribution in [2.45, 2.75) is 0 Å². The first-order chi connectivity index (χ1) is 9.58. The summed E-state index contributed by atoms with van der Waals surface area (Å²) in [6.07, 6.45) is 0. The van der Waals surface area contributed by atoms with Gasteiger partial charge in [0.1, 0.15) is 0 Å². The molecule has 2 fully saturated rings. The second-order valence-corrected chi connectivity index (χ2v) is 6.15. The van der Waals surface area contributed by atoms with E-state index < -0.39 is 0 Å². The van der Waals surface area contributed by atoms with E-state index in [1.54, 1.807) is 0 Å². The van der Waals surface area contributed by atoms with Gasteiger partial charge in [-0.25, -0.2) is 10.0 Å². The van der Waals surface area contributed by atoms with Gasteiger partial charge < -0.3 is 70.0 Å². The van der Waals surface area contributed by atoms with E-state index in [9.17, 15) is 0 Å². The van der Waals surface area contributed by atoms with Crippen molar-refractivity contribution in [3.05, 3.63) is 0 Å². The number of nitrogens with zero attached hydrogens (tertiary/aromatic N) is 2. The van der Waals surface area contributed by atoms with Crippen molar-refractivity contribution in [1.82, 2.24) is 20.9 Å². The average Bonchev–Trinajstić information content (AvgIpc) is 2.40. The molecule has 11 heteroatoms. The van der Waals surface area contributed by atoms with Gasteiger partial charge in [0, 0.05) is 26.2 Å². The first-order valence-corrected chi connectivity index (χ1v) is 7.82. The number of ether oxygens (including phenoxy) is 2. The molecule has 2 N–H and O–H groups in total. The molecule has 0 aromatic rings. The molecule has 0 unspecified atom stereocenters. The summed E-state index contributed by atoms with van der Waals surface area (Å²) >= 11 is 18.8. The number of nitrogens with one attached hydrogen (secondary N) is 2. The predicted molar refractivity (Wildman–Crippen MR) is 91.0 cm³/mol. The molecule has 0 aromatic heterocycles. The van der Waals surface area contributed by atoms with Gasteiger partial charge in [-0.3, -0.25) is 0 Å². The van der Waals surface area contributed by atoms with E-state index in [4.69, 9.17) is 59.2 Å². The summed E-state index contributed by atoms with van der Waals surface area (Å²) < 4.78 is 11.1. The number of thiocarbonyl (C=S) groups is 2. The maximum Gasteiger partial charge on any atom is 2.00 e. The van der Waals surface area contributed by atoms with Crippen LogP contribution in [-0.4, -0.2) is 71.3 Å². The number of morpholine rings is 2. The quantitative estimate of drug-likeness (QED) is 0.346. The van der Waals surface area contributed by atoms with Crippen LogP contribution in [0.5, 0.6) is 0 Å². The van der Waals surface area contributed by atoms with Crippen molar-refractivity contribution < 1.29 is 26.0 Å². The minimum Gasteiger partial charge on any atom is -0.410 e. The molecular weight excluding hydrogens is 395 g/mol. The van der Waals surface area contributed by atoms with Crippen molar-refractivity contribution in [2.75, 3.05) is 52.6 Å². The third kappa shape index (κ3) is 11.7. The molecule has 0 radical (unpaired) electrons. The Kier molecular flexibility index (Phi) is 13.4. The number of rotatable bonds is 2. The van der Waals surface area contributed by atoms with Gasteiger partial charge in [0.15, 0.2) is 0 Å². The molecule has 6 nitrogen and oxygen atoms in total. The Morgan fingerprint density at radius 1 is 0.762 bits per heavy atom. The SMILES string of the molecule is S=C([S-])NN1CCOCC1.S=C([S-])NN1CCOCC1.[Ni+2]. The summed E-state index contributed by atoms with van der Waals surface area (Å²) in [5, 5.41) is 3.94. The fourth-order valence-electron chi connectivity index (χ4n) is 1.61. The van der Waals surface area contributed by atoms with Gasteiger partial charge in [0.05, 0.1) is 26.4 Å². The molecular formula is C10H18N4NiO2S4. The maximum absolute atomic E-state index is 5.12. The molecule has 0 saturated carbocycles. The molecule has 0 aliphatic carbocycles. The Labute approximate surface area is 157 Å². The Morgan fingerprint density at radius 2 is 1.05 bits per heavy atom. The topological polar surface area (TPSA) is 49.0 Å². The van der Waals surface area contributed by atoms with Crippen LogP contribution >= 0.6 is 24.4 Å². The molecule has 2 heterocycles. The zero-order chi connectivity index (χ0) is 14.8. The fourth-order valence-corrected chi connectivity index (χ4v) is 2.12. The van der Waals surface area contributed by atoms with Crippen LogP contribution in [0.25, 0.3) is 0 Å². The standard InChI is InChI=1S/2C5H10N2OS2.Ni/c2*9-5(10)6-7-1-3-8-4-2-7;/h2*1-4H2,(H2,6,9,10);/q;;+2/p-2. The molecule has 0 atom stereocenters. The molecule has 0 aromatic carbocycles. The van der Waals surface area contributed by atoms with Crippen molar-refractivity contribution in [3.8, 4) is 0 Å². The smallest absolute Gasteiger partial charge is 0.410 e. The van der Waals surface area contributed by atoms with Crippen LogP contribution in [0, 0.1) is 0 Å². The summed E-state index contributed by atoms with van der Waals surface area (Å²) in [4.78, 5) is 0. The van der Waals surface area contributed by atoms with Crippen LogP contribution in [0.3, 0.4) is 0 Å². The van der Waals surface area contributed by atoms with Gasteiger partial charge in [0.2, 0.25) is 0 Å². The van der Waals surface area contributed by atoms with Crippen molar-refractivity contribution >= 4 is 58.3 Å². The van der Waals surface area contributed by atoms with Crippen LogP contribution in [0.1, 0.15) is 0 Å². The van der Waals surface area contributed by atoms with E-state index >= 15 is 0 Å². The molecule has 2 aliphatic heterocycles. The normalized spacial score (nSPS) is 19.4. The first kappa shape index (κ1) is 21.6. The molecule has 2 aliphatic rings. The zero-order valence-electron chi connectivity index (χ0n) is 11.3. The van der Waals surface area contributed by atoms with Crippen molar-refractivity contribution in [1.29, 1.82) is 0 Å². The molecule has 2 rings (SSSR count). The maximum atomic E-state index is 5.12. The summed E-state index contributed by atoms with van der Waals surface area (Å²) in [6.45, 7) is 6.45. The third-order valence-corrected chi connectivity index (χ3v) is 2.89. The Balaban J connectivity index is 0.000000364. The van der Waals surface area contributed by atoms with Gasteiger partial charge in [-0.2, -0.15) is 0 Å².